The summed E-state index contributed by atoms with van der Waals surface area (Å²) in [6.07, 6.45) is 7.66. The first-order chi connectivity index (χ1) is 24.9. The van der Waals surface area contributed by atoms with Gasteiger partial charge in [0.05, 0.1) is 31.5 Å². The molecule has 1 aromatic carbocycles. The van der Waals surface area contributed by atoms with Crippen molar-refractivity contribution in [1.82, 2.24) is 25.2 Å². The minimum atomic E-state index is -3.92. The summed E-state index contributed by atoms with van der Waals surface area (Å²) in [6, 6.07) is 0.725. The zero-order valence-electron chi connectivity index (χ0n) is 28.8. The van der Waals surface area contributed by atoms with Crippen molar-refractivity contribution in [3.05, 3.63) is 53.4 Å². The van der Waals surface area contributed by atoms with Crippen LogP contribution in [-0.4, -0.2) is 90.3 Å². The van der Waals surface area contributed by atoms with E-state index in [1.54, 1.807) is 6.07 Å². The second-order valence-electron chi connectivity index (χ2n) is 14.7. The third-order valence-electron chi connectivity index (χ3n) is 11.2. The van der Waals surface area contributed by atoms with Crippen LogP contribution in [0.5, 0.6) is 0 Å². The Kier molecular flexibility index (Phi) is 9.78. The molecule has 3 N–H and O–H groups in total. The Bertz CT molecular complexity index is 1810. The van der Waals surface area contributed by atoms with Gasteiger partial charge in [-0.05, 0) is 68.1 Å². The van der Waals surface area contributed by atoms with Crippen LogP contribution in [0.25, 0.3) is 6.08 Å². The minimum absolute atomic E-state index is 0.0189. The number of benzene rings is 1. The molecule has 1 aromatic rings. The lowest BCUT2D eigenvalue weighted by atomic mass is 9.96. The van der Waals surface area contributed by atoms with Gasteiger partial charge < -0.3 is 25.0 Å². The normalized spacial score (nSPS) is 29.7. The maximum Gasteiger partial charge on any atom is 0.410 e. The average Bonchev–Trinajstić information content (AvgIpc) is 3.88. The number of rotatable bonds is 7. The molecule has 3 saturated carbocycles. The van der Waals surface area contributed by atoms with Crippen LogP contribution in [0.4, 0.5) is 14.0 Å². The molecule has 14 nitrogen and oxygen atoms in total. The lowest BCUT2D eigenvalue weighted by Crippen LogP contribution is -2.59. The molecule has 6 aliphatic rings. The molecule has 4 fully saturated rings. The number of cyclic esters (lactones) is 1. The number of allylic oxidation sites excluding steroid dienone is 1. The smallest absolute Gasteiger partial charge is 0.410 e. The van der Waals surface area contributed by atoms with Gasteiger partial charge in [0.15, 0.2) is 0 Å². The maximum atomic E-state index is 14.9. The Hall–Kier alpha value is -4.47. The molecule has 3 aliphatic heterocycles. The Labute approximate surface area is 301 Å². The van der Waals surface area contributed by atoms with Crippen LogP contribution in [0.15, 0.2) is 30.9 Å². The molecular formula is C36H44FN5O9S. The number of fused-ring (bicyclic) bond motifs is 3. The fourth-order valence-corrected chi connectivity index (χ4v) is 9.33. The molecule has 1 saturated heterocycles. The third kappa shape index (κ3) is 7.13. The average molecular weight is 742 g/mol. The number of sulfonamides is 1. The van der Waals surface area contributed by atoms with Crippen LogP contribution in [0.3, 0.4) is 0 Å². The molecule has 16 heteroatoms. The molecule has 5 atom stereocenters. The quantitative estimate of drug-likeness (QED) is 0.354. The summed E-state index contributed by atoms with van der Waals surface area (Å²) in [5.41, 5.74) is 0.176. The van der Waals surface area contributed by atoms with Crippen molar-refractivity contribution in [3.8, 4) is 0 Å². The van der Waals surface area contributed by atoms with Gasteiger partial charge in [-0.1, -0.05) is 37.1 Å². The number of carbonyl (C=O) groups excluding carboxylic acids is 5. The summed E-state index contributed by atoms with van der Waals surface area (Å²) in [7, 11) is -3.92. The number of ether oxygens (including phenoxy) is 2. The Balaban J connectivity index is 1.16. The fraction of sp³-hybridized carbons (Fsp3) is 0.583. The molecule has 0 spiro atoms. The van der Waals surface area contributed by atoms with E-state index in [1.165, 1.54) is 21.9 Å². The van der Waals surface area contributed by atoms with Crippen molar-refractivity contribution in [1.29, 1.82) is 0 Å². The molecule has 0 aromatic heterocycles. The topological polar surface area (TPSA) is 181 Å². The minimum Gasteiger partial charge on any atom is -0.450 e. The van der Waals surface area contributed by atoms with Gasteiger partial charge >= 0.3 is 12.2 Å². The summed E-state index contributed by atoms with van der Waals surface area (Å²) in [6.45, 7) is 3.71. The predicted molar refractivity (Wildman–Crippen MR) is 184 cm³/mol. The highest BCUT2D eigenvalue weighted by Crippen LogP contribution is 2.45. The number of hydrogen-bond acceptors (Lipinski definition) is 9. The van der Waals surface area contributed by atoms with Crippen molar-refractivity contribution in [2.75, 3.05) is 13.2 Å². The van der Waals surface area contributed by atoms with Crippen molar-refractivity contribution in [2.45, 2.75) is 106 Å². The van der Waals surface area contributed by atoms with Crippen LogP contribution in [0, 0.1) is 17.7 Å². The van der Waals surface area contributed by atoms with E-state index in [1.807, 2.05) is 12.2 Å². The standard InChI is InChI=1S/C36H44FN5O9S/c1-2-23-17-36(23,33(45)40-52(48,49)25-12-13-25)39-31(43)29-16-24-18-42(29)32(44)30(22-9-5-6-10-22)38-34(46)50-15-7-3-4-8-21-11-14-28(37)27-20-41(19-26(21)27)35(47)51-24/h2,4,8,11,14,22-25,29-30H,1,3,5-7,9-10,12-13,15-20H2,(H,38,46)(H,39,43)(H,40,45)/t23-,24-,29+,30+,36-/m1/s1. The van der Waals surface area contributed by atoms with Crippen LogP contribution in [0.2, 0.25) is 0 Å². The van der Waals surface area contributed by atoms with E-state index in [0.29, 0.717) is 49.7 Å². The predicted octanol–water partition coefficient (Wildman–Crippen LogP) is 3.01. The largest absolute Gasteiger partial charge is 0.450 e. The number of nitrogens with one attached hydrogen (secondary N) is 3. The van der Waals surface area contributed by atoms with E-state index in [9.17, 15) is 36.8 Å². The lowest BCUT2D eigenvalue weighted by molar-refractivity contribution is -0.142. The monoisotopic (exact) mass is 741 g/mol. The number of nitrogens with zero attached hydrogens (tertiary/aromatic N) is 2. The van der Waals surface area contributed by atoms with Gasteiger partial charge in [-0.2, -0.15) is 0 Å². The fourth-order valence-electron chi connectivity index (χ4n) is 7.97. The molecule has 280 valence electrons. The maximum absolute atomic E-state index is 14.9. The zero-order chi connectivity index (χ0) is 36.8. The number of amides is 5. The molecular weight excluding hydrogens is 697 g/mol. The second kappa shape index (κ2) is 14.2. The third-order valence-corrected chi connectivity index (χ3v) is 13.0. The van der Waals surface area contributed by atoms with Crippen LogP contribution < -0.4 is 15.4 Å². The number of hydrogen-bond donors (Lipinski definition) is 3. The van der Waals surface area contributed by atoms with Gasteiger partial charge in [-0.3, -0.25) is 24.0 Å². The highest BCUT2D eigenvalue weighted by atomic mass is 32.2. The van der Waals surface area contributed by atoms with Gasteiger partial charge in [-0.25, -0.2) is 22.4 Å². The first kappa shape index (κ1) is 35.9. The van der Waals surface area contributed by atoms with E-state index in [0.717, 1.165) is 18.4 Å². The summed E-state index contributed by atoms with van der Waals surface area (Å²) >= 11 is 0. The first-order valence-electron chi connectivity index (χ1n) is 18.1. The Morgan fingerprint density at radius 1 is 1.06 bits per heavy atom. The van der Waals surface area contributed by atoms with Crippen molar-refractivity contribution >= 4 is 46.0 Å². The molecule has 5 amide bonds. The van der Waals surface area contributed by atoms with Crippen LogP contribution >= 0.6 is 0 Å². The van der Waals surface area contributed by atoms with Gasteiger partial charge in [0.1, 0.15) is 29.5 Å². The van der Waals surface area contributed by atoms with E-state index in [4.69, 9.17) is 9.47 Å². The SMILES string of the molecule is C=C[C@@H]1C[C@]1(NC(=O)[C@@H]1C[C@@H]2CN1C(=O)[C@H](C1CCCC1)NC(=O)OCCCC=Cc1ccc(F)c3c1CN(C3)C(=O)O2)C(=O)NS(=O)(=O)C1CC1. The van der Waals surface area contributed by atoms with E-state index in [2.05, 4.69) is 21.9 Å². The molecule has 0 radical (unpaired) electrons. The summed E-state index contributed by atoms with van der Waals surface area (Å²) < 4.78 is 53.7. The van der Waals surface area contributed by atoms with Gasteiger partial charge in [0.2, 0.25) is 21.8 Å². The summed E-state index contributed by atoms with van der Waals surface area (Å²) in [5.74, 6) is -3.42. The summed E-state index contributed by atoms with van der Waals surface area (Å²) in [5, 5.41) is 4.81. The zero-order valence-corrected chi connectivity index (χ0v) is 29.6. The number of carbonyl (C=O) groups is 5. The molecule has 0 unspecified atom stereocenters. The molecule has 4 bridgehead atoms. The first-order valence-corrected chi connectivity index (χ1v) is 19.6. The molecule has 3 aliphatic carbocycles. The molecule has 7 rings (SSSR count). The Morgan fingerprint density at radius 2 is 1.81 bits per heavy atom. The number of alkyl carbamates (subject to hydrolysis) is 1. The summed E-state index contributed by atoms with van der Waals surface area (Å²) in [4.78, 5) is 71.3. The van der Waals surface area contributed by atoms with E-state index < -0.39 is 80.6 Å². The van der Waals surface area contributed by atoms with Crippen molar-refractivity contribution < 1.29 is 46.3 Å². The highest BCUT2D eigenvalue weighted by molar-refractivity contribution is 7.91. The van der Waals surface area contributed by atoms with Crippen molar-refractivity contribution in [3.63, 3.8) is 0 Å². The Morgan fingerprint density at radius 3 is 2.52 bits per heavy atom. The second-order valence-corrected chi connectivity index (χ2v) is 16.7. The highest BCUT2D eigenvalue weighted by Gasteiger charge is 2.62. The van der Waals surface area contributed by atoms with Gasteiger partial charge in [0, 0.05) is 17.9 Å². The lowest BCUT2D eigenvalue weighted by Gasteiger charge is -2.32. The molecule has 3 heterocycles. The number of halogens is 1. The van der Waals surface area contributed by atoms with E-state index in [-0.39, 0.29) is 45.0 Å². The van der Waals surface area contributed by atoms with Gasteiger partial charge in [-0.15, -0.1) is 6.58 Å². The van der Waals surface area contributed by atoms with Crippen molar-refractivity contribution in [2.24, 2.45) is 11.8 Å². The van der Waals surface area contributed by atoms with Gasteiger partial charge in [0.25, 0.3) is 5.91 Å². The molecule has 52 heavy (non-hydrogen) atoms. The van der Waals surface area contributed by atoms with Crippen LogP contribution in [0.1, 0.15) is 80.9 Å². The van der Waals surface area contributed by atoms with E-state index >= 15 is 0 Å². The van der Waals surface area contributed by atoms with Crippen LogP contribution in [-0.2, 0) is 47.0 Å².